The number of nitrogens with zero attached hydrogens (tertiary/aromatic N) is 1. The van der Waals surface area contributed by atoms with E-state index in [0.29, 0.717) is 17.8 Å². The molecule has 0 radical (unpaired) electrons. The third-order valence-electron chi connectivity index (χ3n) is 3.84. The van der Waals surface area contributed by atoms with E-state index in [1.807, 2.05) is 42.5 Å². The smallest absolute Gasteiger partial charge is 0.272 e. The second kappa shape index (κ2) is 6.58. The van der Waals surface area contributed by atoms with E-state index in [-0.39, 0.29) is 11.8 Å². The number of hydrogen-bond donors (Lipinski definition) is 2. The third-order valence-corrected chi connectivity index (χ3v) is 3.84. The Morgan fingerprint density at radius 1 is 1.04 bits per heavy atom. The number of aromatic amines is 1. The van der Waals surface area contributed by atoms with Crippen molar-refractivity contribution >= 4 is 28.4 Å². The summed E-state index contributed by atoms with van der Waals surface area (Å²) in [6, 6.07) is 16.9. The molecular formula is C19H19N3O2. The summed E-state index contributed by atoms with van der Waals surface area (Å²) < 4.78 is 0. The first-order chi connectivity index (χ1) is 11.5. The van der Waals surface area contributed by atoms with Gasteiger partial charge in [0.25, 0.3) is 5.91 Å². The molecule has 3 rings (SSSR count). The fraction of sp³-hybridized carbons (Fsp3) is 0.158. The van der Waals surface area contributed by atoms with Crippen LogP contribution in [-0.2, 0) is 11.2 Å². The Hall–Kier alpha value is -3.08. The molecular weight excluding hydrogens is 302 g/mol. The summed E-state index contributed by atoms with van der Waals surface area (Å²) in [4.78, 5) is 28.7. The van der Waals surface area contributed by atoms with Gasteiger partial charge in [-0.15, -0.1) is 0 Å². The Bertz CT molecular complexity index is 846. The van der Waals surface area contributed by atoms with Crippen molar-refractivity contribution in [2.45, 2.75) is 6.42 Å². The van der Waals surface area contributed by atoms with Gasteiger partial charge in [-0.1, -0.05) is 30.3 Å². The van der Waals surface area contributed by atoms with Crippen molar-refractivity contribution in [1.82, 2.24) is 9.88 Å². The fourth-order valence-electron chi connectivity index (χ4n) is 2.43. The van der Waals surface area contributed by atoms with Crippen molar-refractivity contribution in [2.24, 2.45) is 0 Å². The molecule has 1 heterocycles. The molecule has 0 saturated carbocycles. The zero-order valence-electron chi connectivity index (χ0n) is 13.7. The molecule has 122 valence electrons. The summed E-state index contributed by atoms with van der Waals surface area (Å²) >= 11 is 0. The van der Waals surface area contributed by atoms with Crippen LogP contribution >= 0.6 is 0 Å². The van der Waals surface area contributed by atoms with Gasteiger partial charge in [-0.25, -0.2) is 0 Å². The highest BCUT2D eigenvalue weighted by atomic mass is 16.2. The summed E-state index contributed by atoms with van der Waals surface area (Å²) in [5.41, 5.74) is 3.06. The van der Waals surface area contributed by atoms with Crippen LogP contribution in [0.15, 0.2) is 54.6 Å². The van der Waals surface area contributed by atoms with E-state index in [9.17, 15) is 9.59 Å². The van der Waals surface area contributed by atoms with E-state index >= 15 is 0 Å². The third kappa shape index (κ3) is 3.46. The molecule has 1 aromatic heterocycles. The largest absolute Gasteiger partial charge is 0.351 e. The lowest BCUT2D eigenvalue weighted by atomic mass is 10.1. The quantitative estimate of drug-likeness (QED) is 0.775. The van der Waals surface area contributed by atoms with Crippen LogP contribution in [0.25, 0.3) is 10.9 Å². The van der Waals surface area contributed by atoms with Gasteiger partial charge in [0, 0.05) is 30.7 Å². The van der Waals surface area contributed by atoms with Crippen LogP contribution < -0.4 is 5.32 Å². The van der Waals surface area contributed by atoms with Crippen LogP contribution in [0.3, 0.4) is 0 Å². The number of amides is 2. The van der Waals surface area contributed by atoms with Crippen LogP contribution in [0.1, 0.15) is 16.1 Å². The van der Waals surface area contributed by atoms with Gasteiger partial charge in [0.15, 0.2) is 0 Å². The summed E-state index contributed by atoms with van der Waals surface area (Å²) in [6.45, 7) is 0. The number of H-pyrrole nitrogens is 1. The number of benzene rings is 2. The lowest BCUT2D eigenvalue weighted by Crippen LogP contribution is -2.23. The number of nitrogens with one attached hydrogen (secondary N) is 2. The first-order valence-corrected chi connectivity index (χ1v) is 7.71. The molecule has 2 amide bonds. The van der Waals surface area contributed by atoms with Crippen molar-refractivity contribution in [3.8, 4) is 0 Å². The van der Waals surface area contributed by atoms with Gasteiger partial charge in [0.2, 0.25) is 5.91 Å². The minimum atomic E-state index is -0.191. The average Bonchev–Trinajstić information content (AvgIpc) is 3.00. The Labute approximate surface area is 140 Å². The molecule has 0 saturated heterocycles. The first-order valence-electron chi connectivity index (χ1n) is 7.71. The molecule has 0 atom stereocenters. The Morgan fingerprint density at radius 3 is 2.42 bits per heavy atom. The first kappa shape index (κ1) is 15.8. The van der Waals surface area contributed by atoms with Crippen molar-refractivity contribution in [3.05, 3.63) is 65.9 Å². The number of hydrogen-bond acceptors (Lipinski definition) is 2. The number of fused-ring (bicyclic) bond motifs is 1. The summed E-state index contributed by atoms with van der Waals surface area (Å²) in [6.07, 6.45) is 0.350. The molecule has 3 aromatic rings. The summed E-state index contributed by atoms with van der Waals surface area (Å²) in [7, 11) is 3.47. The molecule has 0 aliphatic carbocycles. The maximum atomic E-state index is 12.3. The highest BCUT2D eigenvalue weighted by molar-refractivity contribution is 6.05. The van der Waals surface area contributed by atoms with Crippen LogP contribution in [-0.4, -0.2) is 35.8 Å². The molecule has 0 aliphatic heterocycles. The normalized spacial score (nSPS) is 10.6. The van der Waals surface area contributed by atoms with Crippen LogP contribution in [0.5, 0.6) is 0 Å². The molecule has 2 N–H and O–H groups in total. The Morgan fingerprint density at radius 2 is 1.75 bits per heavy atom. The van der Waals surface area contributed by atoms with E-state index in [0.717, 1.165) is 16.5 Å². The molecule has 0 unspecified atom stereocenters. The number of likely N-dealkylation sites (N-methyl/N-ethyl adjacent to an activating group) is 1. The maximum absolute atomic E-state index is 12.3. The molecule has 5 heteroatoms. The van der Waals surface area contributed by atoms with Gasteiger partial charge in [-0.2, -0.15) is 0 Å². The van der Waals surface area contributed by atoms with Crippen LogP contribution in [0, 0.1) is 0 Å². The molecule has 5 nitrogen and oxygen atoms in total. The molecule has 0 fully saturated rings. The lowest BCUT2D eigenvalue weighted by molar-refractivity contribution is -0.127. The topological polar surface area (TPSA) is 65.2 Å². The Balaban J connectivity index is 1.69. The zero-order valence-corrected chi connectivity index (χ0v) is 13.7. The van der Waals surface area contributed by atoms with Crippen LogP contribution in [0.2, 0.25) is 0 Å². The van der Waals surface area contributed by atoms with Gasteiger partial charge in [0.05, 0.1) is 6.42 Å². The second-order valence-electron chi connectivity index (χ2n) is 5.89. The van der Waals surface area contributed by atoms with Crippen molar-refractivity contribution in [2.75, 3.05) is 19.4 Å². The predicted molar refractivity (Wildman–Crippen MR) is 95.1 cm³/mol. The van der Waals surface area contributed by atoms with Crippen molar-refractivity contribution < 1.29 is 9.59 Å². The van der Waals surface area contributed by atoms with Gasteiger partial charge in [-0.05, 0) is 29.8 Å². The number of carbonyl (C=O) groups excluding carboxylic acids is 2. The number of anilines is 1. The lowest BCUT2D eigenvalue weighted by Gasteiger charge is -2.10. The minimum absolute atomic E-state index is 0.0462. The molecule has 0 spiro atoms. The molecule has 2 aromatic carbocycles. The zero-order chi connectivity index (χ0) is 17.1. The molecule has 0 aliphatic rings. The SMILES string of the molecule is CN(C)C(=O)Cc1ccc(NC(=O)c2cc3ccccc3[nH]2)cc1. The number of carbonyl (C=O) groups is 2. The summed E-state index contributed by atoms with van der Waals surface area (Å²) in [5.74, 6) is -0.145. The van der Waals surface area contributed by atoms with E-state index in [1.165, 1.54) is 0 Å². The highest BCUT2D eigenvalue weighted by Crippen LogP contribution is 2.17. The Kier molecular flexibility index (Phi) is 4.33. The van der Waals surface area contributed by atoms with Gasteiger partial charge >= 0.3 is 0 Å². The number of aromatic nitrogens is 1. The minimum Gasteiger partial charge on any atom is -0.351 e. The summed E-state index contributed by atoms with van der Waals surface area (Å²) in [5, 5.41) is 3.86. The maximum Gasteiger partial charge on any atom is 0.272 e. The fourth-order valence-corrected chi connectivity index (χ4v) is 2.43. The van der Waals surface area contributed by atoms with Crippen molar-refractivity contribution in [1.29, 1.82) is 0 Å². The van der Waals surface area contributed by atoms with E-state index < -0.39 is 0 Å². The average molecular weight is 321 g/mol. The van der Waals surface area contributed by atoms with E-state index in [4.69, 9.17) is 0 Å². The monoisotopic (exact) mass is 321 g/mol. The molecule has 24 heavy (non-hydrogen) atoms. The van der Waals surface area contributed by atoms with Crippen molar-refractivity contribution in [3.63, 3.8) is 0 Å². The van der Waals surface area contributed by atoms with Crippen LogP contribution in [0.4, 0.5) is 5.69 Å². The van der Waals surface area contributed by atoms with Gasteiger partial charge < -0.3 is 15.2 Å². The number of para-hydroxylation sites is 1. The molecule has 0 bridgehead atoms. The number of rotatable bonds is 4. The van der Waals surface area contributed by atoms with Gasteiger partial charge in [-0.3, -0.25) is 9.59 Å². The predicted octanol–water partition coefficient (Wildman–Crippen LogP) is 3.05. The second-order valence-corrected chi connectivity index (χ2v) is 5.89. The van der Waals surface area contributed by atoms with E-state index in [1.54, 1.807) is 31.1 Å². The standard InChI is InChI=1S/C19H19N3O2/c1-22(2)18(23)11-13-7-9-15(10-8-13)20-19(24)17-12-14-5-3-4-6-16(14)21-17/h3-10,12,21H,11H2,1-2H3,(H,20,24). The highest BCUT2D eigenvalue weighted by Gasteiger charge is 2.10. The van der Waals surface area contributed by atoms with Gasteiger partial charge in [0.1, 0.15) is 5.69 Å². The van der Waals surface area contributed by atoms with E-state index in [2.05, 4.69) is 10.3 Å².